The van der Waals surface area contributed by atoms with Crippen molar-refractivity contribution in [3.63, 3.8) is 0 Å². The van der Waals surface area contributed by atoms with Gasteiger partial charge in [0.15, 0.2) is 0 Å². The molecule has 0 atom stereocenters. The summed E-state index contributed by atoms with van der Waals surface area (Å²) in [5.41, 5.74) is 6.92. The third kappa shape index (κ3) is 2.08. The van der Waals surface area contributed by atoms with E-state index in [0.29, 0.717) is 0 Å². The van der Waals surface area contributed by atoms with Crippen LogP contribution in [0.1, 0.15) is 16.8 Å². The molecule has 0 radical (unpaired) electrons. The van der Waals surface area contributed by atoms with Crippen LogP contribution in [-0.2, 0) is 0 Å². The molecule has 0 saturated carbocycles. The normalized spacial score (nSPS) is 11.3. The van der Waals surface area contributed by atoms with Gasteiger partial charge in [0, 0.05) is 22.7 Å². The van der Waals surface area contributed by atoms with Crippen LogP contribution in [0.15, 0.2) is 48.7 Å². The highest BCUT2D eigenvalue weighted by Gasteiger charge is 2.14. The minimum Gasteiger partial charge on any atom is -0.497 e. The minimum absolute atomic E-state index is 0.896. The molecule has 24 heavy (non-hydrogen) atoms. The van der Waals surface area contributed by atoms with Gasteiger partial charge in [-0.1, -0.05) is 18.2 Å². The first-order valence-corrected chi connectivity index (χ1v) is 8.12. The molecule has 2 aromatic carbocycles. The van der Waals surface area contributed by atoms with E-state index in [2.05, 4.69) is 67.9 Å². The molecule has 3 heteroatoms. The lowest BCUT2D eigenvalue weighted by molar-refractivity contribution is 0.414. The van der Waals surface area contributed by atoms with Crippen molar-refractivity contribution in [1.29, 1.82) is 0 Å². The average Bonchev–Trinajstić information content (AvgIpc) is 3.00. The number of nitrogens with zero attached hydrogens (tertiary/aromatic N) is 2. The SMILES string of the molecule is COc1cc(C)c(-n2ccc3c(C)nc4ccccc4c32)c(C)c1. The van der Waals surface area contributed by atoms with Crippen LogP contribution in [0.4, 0.5) is 0 Å². The van der Waals surface area contributed by atoms with Crippen LogP contribution in [0, 0.1) is 20.8 Å². The van der Waals surface area contributed by atoms with Gasteiger partial charge in [0.2, 0.25) is 0 Å². The van der Waals surface area contributed by atoms with Gasteiger partial charge < -0.3 is 9.30 Å². The second-order valence-electron chi connectivity index (χ2n) is 6.27. The molecular formula is C21H20N2O. The Morgan fingerprint density at radius 2 is 1.62 bits per heavy atom. The fraction of sp³-hybridized carbons (Fsp3) is 0.190. The summed E-state index contributed by atoms with van der Waals surface area (Å²) < 4.78 is 7.69. The standard InChI is InChI=1S/C21H20N2O/c1-13-11-16(24-4)12-14(2)20(13)23-10-9-17-15(3)22-19-8-6-5-7-18(19)21(17)23/h5-12H,1-4H3. The van der Waals surface area contributed by atoms with E-state index in [-0.39, 0.29) is 0 Å². The summed E-state index contributed by atoms with van der Waals surface area (Å²) >= 11 is 0. The molecule has 0 fully saturated rings. The van der Waals surface area contributed by atoms with E-state index in [9.17, 15) is 0 Å². The topological polar surface area (TPSA) is 27.1 Å². The summed E-state index contributed by atoms with van der Waals surface area (Å²) in [4.78, 5) is 4.75. The van der Waals surface area contributed by atoms with Crippen LogP contribution >= 0.6 is 0 Å². The molecule has 4 rings (SSSR count). The van der Waals surface area contributed by atoms with Crippen molar-refractivity contribution < 1.29 is 4.74 Å². The monoisotopic (exact) mass is 316 g/mol. The van der Waals surface area contributed by atoms with Crippen molar-refractivity contribution in [3.8, 4) is 11.4 Å². The zero-order chi connectivity index (χ0) is 16.8. The van der Waals surface area contributed by atoms with E-state index in [1.807, 2.05) is 6.07 Å². The number of rotatable bonds is 2. The smallest absolute Gasteiger partial charge is 0.119 e. The number of methoxy groups -OCH3 is 1. The molecule has 0 aliphatic carbocycles. The van der Waals surface area contributed by atoms with E-state index < -0.39 is 0 Å². The van der Waals surface area contributed by atoms with Gasteiger partial charge in [-0.05, 0) is 56.2 Å². The lowest BCUT2D eigenvalue weighted by Crippen LogP contribution is -2.01. The summed E-state index contributed by atoms with van der Waals surface area (Å²) in [6.45, 7) is 6.34. The van der Waals surface area contributed by atoms with Gasteiger partial charge in [-0.25, -0.2) is 0 Å². The molecule has 2 heterocycles. The molecular weight excluding hydrogens is 296 g/mol. The first-order chi connectivity index (χ1) is 11.6. The zero-order valence-corrected chi connectivity index (χ0v) is 14.4. The highest BCUT2D eigenvalue weighted by atomic mass is 16.5. The number of pyridine rings is 1. The predicted molar refractivity (Wildman–Crippen MR) is 99.3 cm³/mol. The predicted octanol–water partition coefficient (Wildman–Crippen LogP) is 5.11. The quantitative estimate of drug-likeness (QED) is 0.513. The molecule has 120 valence electrons. The number of hydrogen-bond acceptors (Lipinski definition) is 2. The molecule has 3 nitrogen and oxygen atoms in total. The third-order valence-electron chi connectivity index (χ3n) is 4.66. The van der Waals surface area contributed by atoms with Crippen molar-refractivity contribution in [1.82, 2.24) is 9.55 Å². The Morgan fingerprint density at radius 1 is 0.917 bits per heavy atom. The Balaban J connectivity index is 2.13. The van der Waals surface area contributed by atoms with Crippen LogP contribution < -0.4 is 4.74 Å². The first kappa shape index (κ1) is 14.8. The van der Waals surface area contributed by atoms with Crippen LogP contribution in [-0.4, -0.2) is 16.7 Å². The number of fused-ring (bicyclic) bond motifs is 3. The lowest BCUT2D eigenvalue weighted by Gasteiger charge is -2.16. The van der Waals surface area contributed by atoms with Crippen molar-refractivity contribution in [2.45, 2.75) is 20.8 Å². The molecule has 0 saturated heterocycles. The highest BCUT2D eigenvalue weighted by Crippen LogP contribution is 2.33. The molecule has 0 bridgehead atoms. The summed E-state index contributed by atoms with van der Waals surface area (Å²) in [6.07, 6.45) is 2.15. The van der Waals surface area contributed by atoms with Gasteiger partial charge >= 0.3 is 0 Å². The van der Waals surface area contributed by atoms with E-state index in [1.54, 1.807) is 7.11 Å². The van der Waals surface area contributed by atoms with Gasteiger partial charge in [-0.3, -0.25) is 4.98 Å². The largest absolute Gasteiger partial charge is 0.497 e. The molecule has 0 unspecified atom stereocenters. The minimum atomic E-state index is 0.896. The van der Waals surface area contributed by atoms with E-state index in [1.165, 1.54) is 33.1 Å². The molecule has 0 amide bonds. The summed E-state index contributed by atoms with van der Waals surface area (Å²) in [5, 5.41) is 2.38. The van der Waals surface area contributed by atoms with Crippen LogP contribution in [0.3, 0.4) is 0 Å². The zero-order valence-electron chi connectivity index (χ0n) is 14.4. The van der Waals surface area contributed by atoms with Crippen LogP contribution in [0.5, 0.6) is 5.75 Å². The number of ether oxygens (including phenoxy) is 1. The number of hydrogen-bond donors (Lipinski definition) is 0. The second kappa shape index (κ2) is 5.38. The third-order valence-corrected chi connectivity index (χ3v) is 4.66. The Kier molecular flexibility index (Phi) is 3.31. The summed E-state index contributed by atoms with van der Waals surface area (Å²) in [7, 11) is 1.71. The second-order valence-corrected chi connectivity index (χ2v) is 6.27. The van der Waals surface area contributed by atoms with Gasteiger partial charge in [-0.2, -0.15) is 0 Å². The average molecular weight is 316 g/mol. The van der Waals surface area contributed by atoms with E-state index >= 15 is 0 Å². The van der Waals surface area contributed by atoms with E-state index in [4.69, 9.17) is 9.72 Å². The van der Waals surface area contributed by atoms with Crippen molar-refractivity contribution >= 4 is 21.8 Å². The van der Waals surface area contributed by atoms with Gasteiger partial charge in [0.05, 0.1) is 23.8 Å². The number of benzene rings is 2. The van der Waals surface area contributed by atoms with Crippen LogP contribution in [0.2, 0.25) is 0 Å². The maximum atomic E-state index is 5.41. The van der Waals surface area contributed by atoms with Crippen LogP contribution in [0.25, 0.3) is 27.5 Å². The number of aryl methyl sites for hydroxylation is 3. The maximum absolute atomic E-state index is 5.41. The molecule has 0 aliphatic rings. The summed E-state index contributed by atoms with van der Waals surface area (Å²) in [6, 6.07) is 14.7. The fourth-order valence-electron chi connectivity index (χ4n) is 3.61. The maximum Gasteiger partial charge on any atom is 0.119 e. The van der Waals surface area contributed by atoms with Gasteiger partial charge in [0.1, 0.15) is 5.75 Å². The highest BCUT2D eigenvalue weighted by molar-refractivity contribution is 6.05. The lowest BCUT2D eigenvalue weighted by atomic mass is 10.1. The molecule has 0 spiro atoms. The first-order valence-electron chi connectivity index (χ1n) is 8.12. The fourth-order valence-corrected chi connectivity index (χ4v) is 3.61. The van der Waals surface area contributed by atoms with E-state index in [0.717, 1.165) is 17.0 Å². The Labute approximate surface area is 141 Å². The molecule has 0 aliphatic heterocycles. The Bertz CT molecular complexity index is 1050. The van der Waals surface area contributed by atoms with Crippen molar-refractivity contribution in [3.05, 3.63) is 65.5 Å². The Hall–Kier alpha value is -2.81. The number of aromatic nitrogens is 2. The molecule has 4 aromatic rings. The van der Waals surface area contributed by atoms with Gasteiger partial charge in [0.25, 0.3) is 0 Å². The number of para-hydroxylation sites is 1. The van der Waals surface area contributed by atoms with Crippen molar-refractivity contribution in [2.24, 2.45) is 0 Å². The molecule has 2 aromatic heterocycles. The summed E-state index contributed by atoms with van der Waals surface area (Å²) in [5.74, 6) is 0.896. The van der Waals surface area contributed by atoms with Gasteiger partial charge in [-0.15, -0.1) is 0 Å². The Morgan fingerprint density at radius 3 is 2.33 bits per heavy atom. The van der Waals surface area contributed by atoms with Crippen molar-refractivity contribution in [2.75, 3.05) is 7.11 Å². The molecule has 0 N–H and O–H groups in total.